The highest BCUT2D eigenvalue weighted by atomic mass is 32.2. The van der Waals surface area contributed by atoms with E-state index in [4.69, 9.17) is 4.74 Å². The van der Waals surface area contributed by atoms with E-state index in [0.717, 1.165) is 18.2 Å². The monoisotopic (exact) mass is 345 g/mol. The van der Waals surface area contributed by atoms with E-state index in [2.05, 4.69) is 4.72 Å². The Kier molecular flexibility index (Phi) is 4.84. The van der Waals surface area contributed by atoms with Crippen molar-refractivity contribution in [3.05, 3.63) is 54.1 Å². The number of sulfonamides is 1. The first-order chi connectivity index (χ1) is 10.7. The second-order valence-corrected chi connectivity index (χ2v) is 6.27. The molecular weight excluding hydrogens is 331 g/mol. The Morgan fingerprint density at radius 1 is 1.09 bits per heavy atom. The van der Waals surface area contributed by atoms with Crippen molar-refractivity contribution >= 4 is 15.7 Å². The molecule has 124 valence electrons. The van der Waals surface area contributed by atoms with Crippen LogP contribution in [0.4, 0.5) is 18.9 Å². The van der Waals surface area contributed by atoms with Crippen LogP contribution in [0.5, 0.6) is 5.75 Å². The maximum absolute atomic E-state index is 12.7. The normalized spacial score (nSPS) is 12.0. The van der Waals surface area contributed by atoms with Crippen LogP contribution in [-0.2, 0) is 16.2 Å². The summed E-state index contributed by atoms with van der Waals surface area (Å²) in [5.74, 6) is 0.564. The molecular formula is C15H14F3NO3S. The zero-order valence-corrected chi connectivity index (χ0v) is 12.9. The first-order valence-electron chi connectivity index (χ1n) is 6.65. The van der Waals surface area contributed by atoms with Crippen molar-refractivity contribution in [2.75, 3.05) is 11.3 Å². The van der Waals surface area contributed by atoms with Gasteiger partial charge in [-0.1, -0.05) is 6.07 Å². The molecule has 4 nitrogen and oxygen atoms in total. The first-order valence-corrected chi connectivity index (χ1v) is 8.13. The zero-order valence-electron chi connectivity index (χ0n) is 12.1. The molecule has 0 unspecified atom stereocenters. The van der Waals surface area contributed by atoms with Gasteiger partial charge in [-0.3, -0.25) is 4.72 Å². The van der Waals surface area contributed by atoms with Crippen LogP contribution < -0.4 is 9.46 Å². The van der Waals surface area contributed by atoms with Crippen molar-refractivity contribution in [3.63, 3.8) is 0 Å². The Hall–Kier alpha value is -2.22. The largest absolute Gasteiger partial charge is 0.494 e. The minimum atomic E-state index is -4.61. The van der Waals surface area contributed by atoms with Gasteiger partial charge in [-0.05, 0) is 49.4 Å². The molecule has 0 heterocycles. The number of hydrogen-bond donors (Lipinski definition) is 1. The minimum absolute atomic E-state index is 0.228. The highest BCUT2D eigenvalue weighted by molar-refractivity contribution is 7.92. The summed E-state index contributed by atoms with van der Waals surface area (Å²) in [7, 11) is -4.11. The number of nitrogens with one attached hydrogen (secondary N) is 1. The van der Waals surface area contributed by atoms with Crippen molar-refractivity contribution < 1.29 is 26.3 Å². The molecule has 2 rings (SSSR count). The maximum Gasteiger partial charge on any atom is 0.416 e. The number of anilines is 1. The number of hydrogen-bond acceptors (Lipinski definition) is 3. The minimum Gasteiger partial charge on any atom is -0.494 e. The predicted octanol–water partition coefficient (Wildman–Crippen LogP) is 3.90. The number of ether oxygens (including phenoxy) is 1. The van der Waals surface area contributed by atoms with E-state index < -0.39 is 26.7 Å². The van der Waals surface area contributed by atoms with Gasteiger partial charge in [-0.15, -0.1) is 0 Å². The van der Waals surface area contributed by atoms with Gasteiger partial charge in [0.2, 0.25) is 0 Å². The molecule has 0 amide bonds. The molecule has 0 bridgehead atoms. The van der Waals surface area contributed by atoms with E-state index in [0.29, 0.717) is 18.4 Å². The maximum atomic E-state index is 12.7. The Morgan fingerprint density at radius 2 is 1.74 bits per heavy atom. The second-order valence-electron chi connectivity index (χ2n) is 4.59. The molecule has 0 fully saturated rings. The van der Waals surface area contributed by atoms with Gasteiger partial charge in [0, 0.05) is 5.69 Å². The lowest BCUT2D eigenvalue weighted by Crippen LogP contribution is -2.14. The lowest BCUT2D eigenvalue weighted by atomic mass is 10.2. The molecule has 1 N–H and O–H groups in total. The summed E-state index contributed by atoms with van der Waals surface area (Å²) in [6.45, 7) is 2.28. The number of alkyl halides is 3. The summed E-state index contributed by atoms with van der Waals surface area (Å²) < 4.78 is 69.8. The Labute approximate surface area is 132 Å². The predicted molar refractivity (Wildman–Crippen MR) is 79.9 cm³/mol. The molecule has 0 saturated heterocycles. The molecule has 0 aliphatic rings. The van der Waals surface area contributed by atoms with Crippen molar-refractivity contribution in [1.82, 2.24) is 0 Å². The van der Waals surface area contributed by atoms with Crippen LogP contribution in [0.1, 0.15) is 12.5 Å². The van der Waals surface area contributed by atoms with Crippen LogP contribution in [-0.4, -0.2) is 15.0 Å². The molecule has 2 aromatic carbocycles. The second kappa shape index (κ2) is 6.49. The topological polar surface area (TPSA) is 55.4 Å². The van der Waals surface area contributed by atoms with Crippen molar-refractivity contribution in [1.29, 1.82) is 0 Å². The van der Waals surface area contributed by atoms with Gasteiger partial charge in [0.1, 0.15) is 5.75 Å². The summed E-state index contributed by atoms with van der Waals surface area (Å²) in [4.78, 5) is -0.457. The van der Waals surface area contributed by atoms with Crippen LogP contribution in [0.2, 0.25) is 0 Å². The molecule has 0 spiro atoms. The molecule has 0 aliphatic carbocycles. The molecule has 23 heavy (non-hydrogen) atoms. The van der Waals surface area contributed by atoms with Gasteiger partial charge in [-0.25, -0.2) is 8.42 Å². The Bertz CT molecular complexity index is 771. The number of rotatable bonds is 5. The average Bonchev–Trinajstić information content (AvgIpc) is 2.49. The van der Waals surface area contributed by atoms with Crippen LogP contribution in [0, 0.1) is 0 Å². The molecule has 0 aliphatic heterocycles. The fourth-order valence-electron chi connectivity index (χ4n) is 1.84. The van der Waals surface area contributed by atoms with Gasteiger partial charge in [0.05, 0.1) is 17.1 Å². The number of benzene rings is 2. The first kappa shape index (κ1) is 17.1. The van der Waals surface area contributed by atoms with Crippen LogP contribution >= 0.6 is 0 Å². The number of halogens is 3. The standard InChI is InChI=1S/C15H14F3NO3S/c1-2-22-13-8-6-12(7-9-13)19-23(20,21)14-5-3-4-11(10-14)15(16,17)18/h3-10,19H,2H2,1H3. The molecule has 0 atom stereocenters. The van der Waals surface area contributed by atoms with Gasteiger partial charge in [0.25, 0.3) is 10.0 Å². The summed E-state index contributed by atoms with van der Waals surface area (Å²) in [5, 5.41) is 0. The van der Waals surface area contributed by atoms with Crippen molar-refractivity contribution in [2.24, 2.45) is 0 Å². The SMILES string of the molecule is CCOc1ccc(NS(=O)(=O)c2cccc(C(F)(F)F)c2)cc1. The molecule has 2 aromatic rings. The molecule has 0 aromatic heterocycles. The van der Waals surface area contributed by atoms with E-state index >= 15 is 0 Å². The fraction of sp³-hybridized carbons (Fsp3) is 0.200. The van der Waals surface area contributed by atoms with E-state index in [1.165, 1.54) is 12.1 Å². The highest BCUT2D eigenvalue weighted by Crippen LogP contribution is 2.31. The highest BCUT2D eigenvalue weighted by Gasteiger charge is 2.31. The van der Waals surface area contributed by atoms with Gasteiger partial charge in [0.15, 0.2) is 0 Å². The molecule has 0 saturated carbocycles. The van der Waals surface area contributed by atoms with Gasteiger partial charge >= 0.3 is 6.18 Å². The van der Waals surface area contributed by atoms with Crippen molar-refractivity contribution in [3.8, 4) is 5.75 Å². The molecule has 8 heteroatoms. The quantitative estimate of drug-likeness (QED) is 0.894. The summed E-state index contributed by atoms with van der Waals surface area (Å²) in [5.41, 5.74) is -0.794. The average molecular weight is 345 g/mol. The van der Waals surface area contributed by atoms with Gasteiger partial charge < -0.3 is 4.74 Å². The van der Waals surface area contributed by atoms with Crippen molar-refractivity contribution in [2.45, 2.75) is 18.0 Å². The van der Waals surface area contributed by atoms with Crippen LogP contribution in [0.25, 0.3) is 0 Å². The third-order valence-electron chi connectivity index (χ3n) is 2.89. The molecule has 0 radical (unpaired) electrons. The smallest absolute Gasteiger partial charge is 0.416 e. The Morgan fingerprint density at radius 3 is 2.30 bits per heavy atom. The zero-order chi connectivity index (χ0) is 17.1. The van der Waals surface area contributed by atoms with Gasteiger partial charge in [-0.2, -0.15) is 13.2 Å². The van der Waals surface area contributed by atoms with E-state index in [1.54, 1.807) is 12.1 Å². The van der Waals surface area contributed by atoms with E-state index in [-0.39, 0.29) is 5.69 Å². The third kappa shape index (κ3) is 4.38. The summed E-state index contributed by atoms with van der Waals surface area (Å²) in [6, 6.07) is 9.63. The fourth-order valence-corrected chi connectivity index (χ4v) is 2.94. The summed E-state index contributed by atoms with van der Waals surface area (Å²) in [6.07, 6.45) is -4.61. The summed E-state index contributed by atoms with van der Waals surface area (Å²) >= 11 is 0. The van der Waals surface area contributed by atoms with E-state index in [1.807, 2.05) is 6.92 Å². The third-order valence-corrected chi connectivity index (χ3v) is 4.27. The van der Waals surface area contributed by atoms with Crippen LogP contribution in [0.15, 0.2) is 53.4 Å². The lowest BCUT2D eigenvalue weighted by Gasteiger charge is -2.11. The van der Waals surface area contributed by atoms with E-state index in [9.17, 15) is 21.6 Å². The lowest BCUT2D eigenvalue weighted by molar-refractivity contribution is -0.137. The Balaban J connectivity index is 2.25. The van der Waals surface area contributed by atoms with Crippen LogP contribution in [0.3, 0.4) is 0 Å².